The van der Waals surface area contributed by atoms with Gasteiger partial charge in [0.15, 0.2) is 17.0 Å². The summed E-state index contributed by atoms with van der Waals surface area (Å²) in [4.78, 5) is 47.1. The molecule has 0 unspecified atom stereocenters. The number of amides is 1. The molecule has 1 aliphatic rings. The molecule has 0 spiro atoms. The molecule has 10 nitrogen and oxygen atoms in total. The molecule has 0 saturated heterocycles. The number of fused-ring (bicyclic) bond motifs is 2. The van der Waals surface area contributed by atoms with Gasteiger partial charge in [0.1, 0.15) is 6.54 Å². The van der Waals surface area contributed by atoms with Crippen molar-refractivity contribution in [2.45, 2.75) is 19.6 Å². The third kappa shape index (κ3) is 4.05. The average molecular weight is 445 g/mol. The summed E-state index contributed by atoms with van der Waals surface area (Å²) in [6.07, 6.45) is 4.67. The molecule has 33 heavy (non-hydrogen) atoms. The van der Waals surface area contributed by atoms with Crippen LogP contribution in [0.4, 0.5) is 0 Å². The van der Waals surface area contributed by atoms with Crippen LogP contribution in [0.3, 0.4) is 0 Å². The SMILES string of the molecule is O=C(Cn1c(=O)n(Cc2cccnc2)c(=O)c2ncccc21)NCc1ccc2c(c1)OCO2. The molecule has 0 bridgehead atoms. The van der Waals surface area contributed by atoms with Crippen molar-refractivity contribution in [3.63, 3.8) is 0 Å². The van der Waals surface area contributed by atoms with E-state index in [0.717, 1.165) is 10.1 Å². The minimum absolute atomic E-state index is 0.0246. The Morgan fingerprint density at radius 3 is 2.70 bits per heavy atom. The van der Waals surface area contributed by atoms with E-state index in [1.807, 2.05) is 6.07 Å². The molecular weight excluding hydrogens is 426 g/mol. The van der Waals surface area contributed by atoms with Gasteiger partial charge in [0.2, 0.25) is 12.7 Å². The van der Waals surface area contributed by atoms with E-state index < -0.39 is 11.2 Å². The van der Waals surface area contributed by atoms with E-state index in [1.165, 1.54) is 10.8 Å². The van der Waals surface area contributed by atoms with Gasteiger partial charge in [-0.25, -0.2) is 9.78 Å². The second-order valence-electron chi connectivity index (χ2n) is 7.46. The number of ether oxygens (including phenoxy) is 2. The lowest BCUT2D eigenvalue weighted by Crippen LogP contribution is -2.43. The van der Waals surface area contributed by atoms with Crippen molar-refractivity contribution in [2.75, 3.05) is 6.79 Å². The van der Waals surface area contributed by atoms with Gasteiger partial charge in [0, 0.05) is 25.1 Å². The summed E-state index contributed by atoms with van der Waals surface area (Å²) in [6, 6.07) is 12.1. The Bertz CT molecular complexity index is 1460. The predicted octanol–water partition coefficient (Wildman–Crippen LogP) is 1.05. The van der Waals surface area contributed by atoms with Gasteiger partial charge in [-0.05, 0) is 41.5 Å². The Morgan fingerprint density at radius 1 is 1.00 bits per heavy atom. The van der Waals surface area contributed by atoms with Crippen molar-refractivity contribution in [1.29, 1.82) is 0 Å². The smallest absolute Gasteiger partial charge is 0.332 e. The summed E-state index contributed by atoms with van der Waals surface area (Å²) < 4.78 is 13.0. The number of nitrogens with zero attached hydrogens (tertiary/aromatic N) is 4. The first-order valence-corrected chi connectivity index (χ1v) is 10.2. The molecule has 10 heteroatoms. The quantitative estimate of drug-likeness (QED) is 0.471. The molecule has 1 N–H and O–H groups in total. The lowest BCUT2D eigenvalue weighted by Gasteiger charge is -2.14. The van der Waals surface area contributed by atoms with Crippen molar-refractivity contribution in [3.8, 4) is 11.5 Å². The zero-order chi connectivity index (χ0) is 22.8. The number of nitrogens with one attached hydrogen (secondary N) is 1. The Morgan fingerprint density at radius 2 is 1.85 bits per heavy atom. The maximum Gasteiger partial charge on any atom is 0.332 e. The maximum atomic E-state index is 13.2. The van der Waals surface area contributed by atoms with Gasteiger partial charge in [-0.15, -0.1) is 0 Å². The van der Waals surface area contributed by atoms with E-state index in [-0.39, 0.29) is 37.9 Å². The third-order valence-corrected chi connectivity index (χ3v) is 5.28. The van der Waals surface area contributed by atoms with Crippen molar-refractivity contribution >= 4 is 16.9 Å². The van der Waals surface area contributed by atoms with Crippen LogP contribution >= 0.6 is 0 Å². The van der Waals surface area contributed by atoms with Crippen LogP contribution in [0.2, 0.25) is 0 Å². The standard InChI is InChI=1S/C23H19N5O5/c29-20(26-11-15-5-6-18-19(9-15)33-14-32-18)13-27-17-4-2-8-25-21(17)22(30)28(23(27)31)12-16-3-1-7-24-10-16/h1-10H,11-14H2,(H,26,29). The van der Waals surface area contributed by atoms with Gasteiger partial charge in [0.25, 0.3) is 5.56 Å². The summed E-state index contributed by atoms with van der Waals surface area (Å²) in [5.74, 6) is 0.899. The van der Waals surface area contributed by atoms with Crippen molar-refractivity contribution in [2.24, 2.45) is 0 Å². The number of pyridine rings is 2. The van der Waals surface area contributed by atoms with Crippen LogP contribution in [0.1, 0.15) is 11.1 Å². The fourth-order valence-electron chi connectivity index (χ4n) is 3.66. The van der Waals surface area contributed by atoms with Crippen LogP contribution in [-0.2, 0) is 24.4 Å². The molecule has 1 amide bonds. The predicted molar refractivity (Wildman–Crippen MR) is 118 cm³/mol. The first kappa shape index (κ1) is 20.4. The molecular formula is C23H19N5O5. The maximum absolute atomic E-state index is 13.2. The highest BCUT2D eigenvalue weighted by Crippen LogP contribution is 2.32. The fraction of sp³-hybridized carbons (Fsp3) is 0.174. The number of carbonyl (C=O) groups excluding carboxylic acids is 1. The zero-order valence-electron chi connectivity index (χ0n) is 17.4. The molecule has 4 aromatic rings. The normalized spacial score (nSPS) is 12.1. The monoisotopic (exact) mass is 445 g/mol. The third-order valence-electron chi connectivity index (χ3n) is 5.28. The molecule has 0 aliphatic carbocycles. The fourth-order valence-corrected chi connectivity index (χ4v) is 3.66. The second kappa shape index (κ2) is 8.58. The number of aromatic nitrogens is 4. The lowest BCUT2D eigenvalue weighted by atomic mass is 10.2. The number of benzene rings is 1. The van der Waals surface area contributed by atoms with Gasteiger partial charge in [-0.1, -0.05) is 12.1 Å². The number of hydrogen-bond acceptors (Lipinski definition) is 7. The zero-order valence-corrected chi connectivity index (χ0v) is 17.4. The molecule has 0 saturated carbocycles. The summed E-state index contributed by atoms with van der Waals surface area (Å²) in [7, 11) is 0. The van der Waals surface area contributed by atoms with Crippen LogP contribution < -0.4 is 26.0 Å². The van der Waals surface area contributed by atoms with Crippen LogP contribution in [0, 0.1) is 0 Å². The highest BCUT2D eigenvalue weighted by Gasteiger charge is 2.17. The first-order chi connectivity index (χ1) is 16.1. The summed E-state index contributed by atoms with van der Waals surface area (Å²) >= 11 is 0. The molecule has 0 atom stereocenters. The van der Waals surface area contributed by atoms with Crippen LogP contribution in [0.15, 0.2) is 70.6 Å². The number of carbonyl (C=O) groups is 1. The average Bonchev–Trinajstić information content (AvgIpc) is 3.32. The topological polar surface area (TPSA) is 117 Å². The van der Waals surface area contributed by atoms with Crippen molar-refractivity contribution in [3.05, 3.63) is 93.0 Å². The van der Waals surface area contributed by atoms with E-state index in [0.29, 0.717) is 22.6 Å². The number of rotatable bonds is 6. The van der Waals surface area contributed by atoms with Gasteiger partial charge in [-0.3, -0.25) is 23.7 Å². The van der Waals surface area contributed by atoms with Crippen LogP contribution in [0.25, 0.3) is 11.0 Å². The minimum atomic E-state index is -0.595. The Labute approximate surface area is 187 Å². The van der Waals surface area contributed by atoms with E-state index in [4.69, 9.17) is 9.47 Å². The Kier molecular flexibility index (Phi) is 5.31. The van der Waals surface area contributed by atoms with E-state index in [9.17, 15) is 14.4 Å². The summed E-state index contributed by atoms with van der Waals surface area (Å²) in [5.41, 5.74) is 0.815. The largest absolute Gasteiger partial charge is 0.454 e. The summed E-state index contributed by atoms with van der Waals surface area (Å²) in [6.45, 7) is 0.176. The molecule has 0 fully saturated rings. The minimum Gasteiger partial charge on any atom is -0.454 e. The van der Waals surface area contributed by atoms with E-state index >= 15 is 0 Å². The van der Waals surface area contributed by atoms with Crippen molar-refractivity contribution in [1.82, 2.24) is 24.4 Å². The Hall–Kier alpha value is -4.47. The van der Waals surface area contributed by atoms with Gasteiger partial charge in [0.05, 0.1) is 12.1 Å². The molecule has 4 heterocycles. The molecule has 3 aromatic heterocycles. The highest BCUT2D eigenvalue weighted by atomic mass is 16.7. The molecule has 1 aromatic carbocycles. The highest BCUT2D eigenvalue weighted by molar-refractivity contribution is 5.79. The molecule has 166 valence electrons. The van der Waals surface area contributed by atoms with E-state index in [1.54, 1.807) is 48.8 Å². The van der Waals surface area contributed by atoms with Gasteiger partial charge < -0.3 is 14.8 Å². The van der Waals surface area contributed by atoms with Crippen LogP contribution in [-0.4, -0.2) is 31.8 Å². The molecule has 1 aliphatic heterocycles. The van der Waals surface area contributed by atoms with Gasteiger partial charge in [-0.2, -0.15) is 0 Å². The molecule has 0 radical (unpaired) electrons. The Balaban J connectivity index is 1.42. The van der Waals surface area contributed by atoms with Crippen LogP contribution in [0.5, 0.6) is 11.5 Å². The van der Waals surface area contributed by atoms with E-state index in [2.05, 4.69) is 15.3 Å². The summed E-state index contributed by atoms with van der Waals surface area (Å²) in [5, 5.41) is 2.80. The lowest BCUT2D eigenvalue weighted by molar-refractivity contribution is -0.121. The van der Waals surface area contributed by atoms with Crippen molar-refractivity contribution < 1.29 is 14.3 Å². The second-order valence-corrected chi connectivity index (χ2v) is 7.46. The first-order valence-electron chi connectivity index (χ1n) is 10.2. The molecule has 5 rings (SSSR count). The van der Waals surface area contributed by atoms with Gasteiger partial charge >= 0.3 is 5.69 Å². The number of hydrogen-bond donors (Lipinski definition) is 1.